The fraction of sp³-hybridized carbons (Fsp3) is 0.538. The predicted molar refractivity (Wildman–Crippen MR) is 74.7 cm³/mol. The Hall–Kier alpha value is -1.78. The van der Waals surface area contributed by atoms with Crippen molar-refractivity contribution in [1.82, 2.24) is 0 Å². The monoisotopic (exact) mass is 251 g/mol. The van der Waals surface area contributed by atoms with Crippen molar-refractivity contribution in [2.45, 2.75) is 39.7 Å². The molecule has 0 aliphatic heterocycles. The summed E-state index contributed by atoms with van der Waals surface area (Å²) >= 11 is 0. The van der Waals surface area contributed by atoms with Crippen molar-refractivity contribution in [1.29, 1.82) is 0 Å². The third kappa shape index (κ3) is 3.61. The van der Waals surface area contributed by atoms with Gasteiger partial charge in [0.15, 0.2) is 0 Å². The minimum absolute atomic E-state index is 0.0225. The number of nitrogens with one attached hydrogen (secondary N) is 1. The van der Waals surface area contributed by atoms with E-state index in [9.17, 15) is 10.1 Å². The van der Waals surface area contributed by atoms with Gasteiger partial charge in [-0.1, -0.05) is 26.7 Å². The fourth-order valence-electron chi connectivity index (χ4n) is 2.20. The molecule has 5 heteroatoms. The molecule has 18 heavy (non-hydrogen) atoms. The number of nitro groups is 1. The van der Waals surface area contributed by atoms with Gasteiger partial charge in [-0.15, -0.1) is 0 Å². The normalized spacial score (nSPS) is 12.4. The first-order chi connectivity index (χ1) is 8.47. The van der Waals surface area contributed by atoms with Gasteiger partial charge in [-0.2, -0.15) is 0 Å². The highest BCUT2D eigenvalue weighted by molar-refractivity contribution is 5.61. The van der Waals surface area contributed by atoms with E-state index >= 15 is 0 Å². The highest BCUT2D eigenvalue weighted by Gasteiger charge is 2.15. The second-order valence-corrected chi connectivity index (χ2v) is 4.58. The number of nitrogen functional groups attached to an aromatic ring is 1. The fourth-order valence-corrected chi connectivity index (χ4v) is 2.20. The van der Waals surface area contributed by atoms with E-state index in [1.54, 1.807) is 6.07 Å². The zero-order valence-electron chi connectivity index (χ0n) is 11.1. The van der Waals surface area contributed by atoms with E-state index in [4.69, 9.17) is 5.73 Å². The number of rotatable bonds is 6. The van der Waals surface area contributed by atoms with E-state index in [2.05, 4.69) is 26.1 Å². The lowest BCUT2D eigenvalue weighted by Gasteiger charge is -2.23. The van der Waals surface area contributed by atoms with Gasteiger partial charge < -0.3 is 11.1 Å². The summed E-state index contributed by atoms with van der Waals surface area (Å²) < 4.78 is 0. The highest BCUT2D eigenvalue weighted by atomic mass is 16.6. The van der Waals surface area contributed by atoms with Crippen molar-refractivity contribution in [2.24, 2.45) is 5.92 Å². The number of nitrogens with zero attached hydrogens (tertiary/aromatic N) is 1. The van der Waals surface area contributed by atoms with Crippen LogP contribution in [0.15, 0.2) is 18.2 Å². The first kappa shape index (κ1) is 14.3. The minimum Gasteiger partial charge on any atom is -0.398 e. The highest BCUT2D eigenvalue weighted by Crippen LogP contribution is 2.25. The predicted octanol–water partition coefficient (Wildman–Crippen LogP) is 3.41. The van der Waals surface area contributed by atoms with Gasteiger partial charge in [0, 0.05) is 29.5 Å². The Morgan fingerprint density at radius 3 is 2.44 bits per heavy atom. The zero-order valence-corrected chi connectivity index (χ0v) is 11.1. The first-order valence-electron chi connectivity index (χ1n) is 6.29. The van der Waals surface area contributed by atoms with Gasteiger partial charge in [0.25, 0.3) is 5.69 Å². The molecule has 0 amide bonds. The molecular weight excluding hydrogens is 230 g/mol. The topological polar surface area (TPSA) is 81.2 Å². The Kier molecular flexibility index (Phi) is 4.95. The van der Waals surface area contributed by atoms with Crippen LogP contribution in [0.4, 0.5) is 17.1 Å². The van der Waals surface area contributed by atoms with E-state index < -0.39 is 4.92 Å². The van der Waals surface area contributed by atoms with Crippen LogP contribution in [0.25, 0.3) is 0 Å². The number of non-ortho nitro benzene ring substituents is 1. The van der Waals surface area contributed by atoms with Crippen LogP contribution < -0.4 is 11.1 Å². The molecule has 0 aliphatic carbocycles. The van der Waals surface area contributed by atoms with E-state index in [1.165, 1.54) is 12.1 Å². The molecule has 1 atom stereocenters. The molecule has 3 N–H and O–H groups in total. The van der Waals surface area contributed by atoms with Crippen LogP contribution in [-0.4, -0.2) is 11.0 Å². The Morgan fingerprint density at radius 2 is 1.94 bits per heavy atom. The van der Waals surface area contributed by atoms with Gasteiger partial charge in [-0.05, 0) is 18.9 Å². The summed E-state index contributed by atoms with van der Waals surface area (Å²) in [5.74, 6) is 0.547. The summed E-state index contributed by atoms with van der Waals surface area (Å²) in [6.45, 7) is 6.38. The van der Waals surface area contributed by atoms with Crippen molar-refractivity contribution in [3.63, 3.8) is 0 Å². The summed E-state index contributed by atoms with van der Waals surface area (Å²) in [7, 11) is 0. The summed E-state index contributed by atoms with van der Waals surface area (Å²) in [6.07, 6.45) is 2.16. The lowest BCUT2D eigenvalue weighted by molar-refractivity contribution is -0.384. The van der Waals surface area contributed by atoms with Crippen LogP contribution in [-0.2, 0) is 0 Å². The van der Waals surface area contributed by atoms with E-state index in [0.717, 1.165) is 12.8 Å². The van der Waals surface area contributed by atoms with E-state index in [0.29, 0.717) is 17.3 Å². The Balaban J connectivity index is 2.87. The van der Waals surface area contributed by atoms with Gasteiger partial charge >= 0.3 is 0 Å². The summed E-state index contributed by atoms with van der Waals surface area (Å²) in [5, 5.41) is 14.1. The largest absolute Gasteiger partial charge is 0.398 e. The molecule has 0 saturated heterocycles. The first-order valence-corrected chi connectivity index (χ1v) is 6.29. The molecule has 0 radical (unpaired) electrons. The molecule has 1 rings (SSSR count). The summed E-state index contributed by atoms with van der Waals surface area (Å²) in [6, 6.07) is 4.88. The van der Waals surface area contributed by atoms with Crippen LogP contribution >= 0.6 is 0 Å². The number of anilines is 2. The van der Waals surface area contributed by atoms with Crippen molar-refractivity contribution in [2.75, 3.05) is 11.1 Å². The average Bonchev–Trinajstić information content (AvgIpc) is 2.29. The molecular formula is C13H21N3O2. The van der Waals surface area contributed by atoms with Crippen LogP contribution in [0.1, 0.15) is 33.6 Å². The van der Waals surface area contributed by atoms with Crippen LogP contribution in [0.3, 0.4) is 0 Å². The van der Waals surface area contributed by atoms with Gasteiger partial charge in [0.1, 0.15) is 0 Å². The molecule has 1 aromatic rings. The molecule has 1 aromatic carbocycles. The van der Waals surface area contributed by atoms with Crippen molar-refractivity contribution in [3.8, 4) is 0 Å². The number of nitro benzene ring substituents is 1. The molecule has 0 fully saturated rings. The molecule has 0 aromatic heterocycles. The van der Waals surface area contributed by atoms with Crippen LogP contribution in [0, 0.1) is 16.0 Å². The average molecular weight is 251 g/mol. The molecule has 0 saturated carbocycles. The Morgan fingerprint density at radius 1 is 1.33 bits per heavy atom. The number of hydrogen-bond donors (Lipinski definition) is 2. The minimum atomic E-state index is -0.427. The van der Waals surface area contributed by atoms with Gasteiger partial charge in [0.05, 0.1) is 4.92 Å². The molecule has 0 heterocycles. The van der Waals surface area contributed by atoms with Crippen molar-refractivity contribution in [3.05, 3.63) is 28.3 Å². The van der Waals surface area contributed by atoms with Crippen LogP contribution in [0.2, 0.25) is 0 Å². The van der Waals surface area contributed by atoms with E-state index in [1.807, 2.05) is 0 Å². The lowest BCUT2D eigenvalue weighted by Crippen LogP contribution is -2.25. The Labute approximate surface area is 108 Å². The van der Waals surface area contributed by atoms with Gasteiger partial charge in [-0.3, -0.25) is 10.1 Å². The number of benzene rings is 1. The van der Waals surface area contributed by atoms with Crippen molar-refractivity contribution < 1.29 is 4.92 Å². The number of nitrogens with two attached hydrogens (primary N) is 1. The third-order valence-corrected chi connectivity index (χ3v) is 3.30. The standard InChI is InChI=1S/C13H21N3O2/c1-4-10(5-2)9(3)15-12-6-11(14)7-13(8-12)16(17)18/h6-10,15H,4-5,14H2,1-3H3. The third-order valence-electron chi connectivity index (χ3n) is 3.30. The van der Waals surface area contributed by atoms with Crippen molar-refractivity contribution >= 4 is 17.1 Å². The van der Waals surface area contributed by atoms with Gasteiger partial charge in [0.2, 0.25) is 0 Å². The van der Waals surface area contributed by atoms with Crippen LogP contribution in [0.5, 0.6) is 0 Å². The number of hydrogen-bond acceptors (Lipinski definition) is 4. The molecule has 100 valence electrons. The molecule has 0 bridgehead atoms. The molecule has 0 spiro atoms. The maximum absolute atomic E-state index is 10.8. The molecule has 5 nitrogen and oxygen atoms in total. The lowest BCUT2D eigenvalue weighted by atomic mass is 9.95. The maximum Gasteiger partial charge on any atom is 0.273 e. The second-order valence-electron chi connectivity index (χ2n) is 4.58. The maximum atomic E-state index is 10.8. The quantitative estimate of drug-likeness (QED) is 0.461. The van der Waals surface area contributed by atoms with Gasteiger partial charge in [-0.25, -0.2) is 0 Å². The smallest absolute Gasteiger partial charge is 0.273 e. The zero-order chi connectivity index (χ0) is 13.7. The summed E-state index contributed by atoms with van der Waals surface area (Å²) in [5.41, 5.74) is 6.81. The second kappa shape index (κ2) is 6.23. The summed E-state index contributed by atoms with van der Waals surface area (Å²) in [4.78, 5) is 10.3. The molecule has 1 unspecified atom stereocenters. The SMILES string of the molecule is CCC(CC)C(C)Nc1cc(N)cc([N+](=O)[O-])c1. The Bertz CT molecular complexity index is 417. The molecule has 0 aliphatic rings. The van der Waals surface area contributed by atoms with E-state index in [-0.39, 0.29) is 11.7 Å².